The Morgan fingerprint density at radius 1 is 0.351 bits per heavy atom. The van der Waals surface area contributed by atoms with Crippen LogP contribution < -0.4 is 36.0 Å². The predicted octanol–water partition coefficient (Wildman–Crippen LogP) is 11.0. The molecule has 0 saturated carbocycles. The molecule has 57 heavy (non-hydrogen) atoms. The first-order chi connectivity index (χ1) is 28.3. The molecule has 6 nitrogen and oxygen atoms in total. The molecule has 7 aromatic carbocycles. The third-order valence-electron chi connectivity index (χ3n) is 11.6. The lowest BCUT2D eigenvalue weighted by atomic mass is 9.33. The molecule has 0 bridgehead atoms. The van der Waals surface area contributed by atoms with Crippen molar-refractivity contribution < 1.29 is 0 Å². The largest absolute Gasteiger partial charge is 0.311 e. The fourth-order valence-electron chi connectivity index (χ4n) is 9.41. The Balaban J connectivity index is 1.30. The zero-order chi connectivity index (χ0) is 37.5. The monoisotopic (exact) mass is 728 g/mol. The highest BCUT2D eigenvalue weighted by Crippen LogP contribution is 2.61. The molecule has 0 atom stereocenters. The second-order valence-corrected chi connectivity index (χ2v) is 14.6. The van der Waals surface area contributed by atoms with Gasteiger partial charge in [-0.25, -0.2) is 0 Å². The van der Waals surface area contributed by atoms with Crippen LogP contribution in [0.2, 0.25) is 0 Å². The van der Waals surface area contributed by atoms with Crippen molar-refractivity contribution in [3.8, 4) is 0 Å². The first-order valence-corrected chi connectivity index (χ1v) is 19.4. The number of pyridine rings is 2. The number of anilines is 12. The topological polar surface area (TPSA) is 38.7 Å². The van der Waals surface area contributed by atoms with E-state index in [0.717, 1.165) is 73.5 Å². The summed E-state index contributed by atoms with van der Waals surface area (Å²) < 4.78 is 0. The molecule has 2 aromatic heterocycles. The van der Waals surface area contributed by atoms with Crippen molar-refractivity contribution in [2.75, 3.05) is 19.6 Å². The number of nitrogens with zero attached hydrogens (tertiary/aromatic N) is 6. The van der Waals surface area contributed by atoms with Crippen LogP contribution in [-0.2, 0) is 0 Å². The summed E-state index contributed by atoms with van der Waals surface area (Å²) in [6.45, 7) is -0.0341. The maximum Gasteiger partial charge on any atom is 0.252 e. The minimum absolute atomic E-state index is 0.0341. The highest BCUT2D eigenvalue weighted by Gasteiger charge is 2.47. The van der Waals surface area contributed by atoms with Crippen molar-refractivity contribution in [2.24, 2.45) is 0 Å². The van der Waals surface area contributed by atoms with Crippen LogP contribution in [0.5, 0.6) is 0 Å². The summed E-state index contributed by atoms with van der Waals surface area (Å²) in [7, 11) is 0. The molecule has 12 rings (SSSR count). The van der Waals surface area contributed by atoms with Gasteiger partial charge in [0.15, 0.2) is 0 Å². The van der Waals surface area contributed by atoms with Gasteiger partial charge in [-0.05, 0) is 95.3 Å². The van der Waals surface area contributed by atoms with E-state index in [1.165, 1.54) is 22.1 Å². The van der Waals surface area contributed by atoms with E-state index in [9.17, 15) is 0 Å². The summed E-state index contributed by atoms with van der Waals surface area (Å²) in [6, 6.07) is 65.6. The van der Waals surface area contributed by atoms with Crippen LogP contribution >= 0.6 is 0 Å². The van der Waals surface area contributed by atoms with Crippen LogP contribution in [-0.4, -0.2) is 16.7 Å². The second kappa shape index (κ2) is 12.4. The summed E-state index contributed by atoms with van der Waals surface area (Å²) in [4.78, 5) is 19.4. The maximum absolute atomic E-state index is 5.03. The minimum Gasteiger partial charge on any atom is -0.311 e. The zero-order valence-corrected chi connectivity index (χ0v) is 30.8. The smallest absolute Gasteiger partial charge is 0.252 e. The maximum atomic E-state index is 5.03. The van der Waals surface area contributed by atoms with Crippen LogP contribution in [0.25, 0.3) is 10.9 Å². The third-order valence-corrected chi connectivity index (χ3v) is 11.6. The number of benzene rings is 7. The van der Waals surface area contributed by atoms with E-state index in [2.05, 4.69) is 201 Å². The molecule has 0 spiro atoms. The van der Waals surface area contributed by atoms with Gasteiger partial charge >= 0.3 is 0 Å². The summed E-state index contributed by atoms with van der Waals surface area (Å²) in [5, 5.41) is 1.09. The van der Waals surface area contributed by atoms with Crippen molar-refractivity contribution in [3.05, 3.63) is 201 Å². The Morgan fingerprint density at radius 3 is 1.58 bits per heavy atom. The molecule has 0 aliphatic carbocycles. The molecule has 0 unspecified atom stereocenters. The van der Waals surface area contributed by atoms with Gasteiger partial charge < -0.3 is 19.6 Å². The predicted molar refractivity (Wildman–Crippen MR) is 236 cm³/mol. The van der Waals surface area contributed by atoms with E-state index in [1.54, 1.807) is 0 Å². The van der Waals surface area contributed by atoms with Crippen molar-refractivity contribution in [1.29, 1.82) is 0 Å². The molecule has 3 aliphatic heterocycles. The van der Waals surface area contributed by atoms with E-state index >= 15 is 0 Å². The molecular weight excluding hydrogens is 695 g/mol. The summed E-state index contributed by atoms with van der Waals surface area (Å²) in [5.41, 5.74) is 17.9. The van der Waals surface area contributed by atoms with E-state index in [-0.39, 0.29) is 6.71 Å². The van der Waals surface area contributed by atoms with Crippen LogP contribution in [0.4, 0.5) is 68.2 Å². The third kappa shape index (κ3) is 4.60. The van der Waals surface area contributed by atoms with Crippen LogP contribution in [0.3, 0.4) is 0 Å². The molecule has 5 heterocycles. The Morgan fingerprint density at radius 2 is 0.877 bits per heavy atom. The molecule has 0 N–H and O–H groups in total. The molecular formula is C50H33BN6. The molecule has 0 fully saturated rings. The van der Waals surface area contributed by atoms with Crippen molar-refractivity contribution >= 4 is 102 Å². The van der Waals surface area contributed by atoms with E-state index < -0.39 is 0 Å². The van der Waals surface area contributed by atoms with Gasteiger partial charge in [-0.1, -0.05) is 103 Å². The number of para-hydroxylation sites is 7. The zero-order valence-electron chi connectivity index (χ0n) is 30.8. The van der Waals surface area contributed by atoms with E-state index in [4.69, 9.17) is 4.98 Å². The lowest BCUT2D eigenvalue weighted by Crippen LogP contribution is -2.61. The van der Waals surface area contributed by atoms with Crippen molar-refractivity contribution in [1.82, 2.24) is 9.97 Å². The molecule has 9 aromatic rings. The first kappa shape index (κ1) is 31.7. The van der Waals surface area contributed by atoms with Gasteiger partial charge in [-0.2, -0.15) is 0 Å². The molecule has 3 aliphatic rings. The van der Waals surface area contributed by atoms with E-state index in [1.807, 2.05) is 24.7 Å². The summed E-state index contributed by atoms with van der Waals surface area (Å²) in [5.74, 6) is 0. The highest BCUT2D eigenvalue weighted by molar-refractivity contribution is 7.00. The Hall–Kier alpha value is -7.64. The van der Waals surface area contributed by atoms with Gasteiger partial charge in [-0.3, -0.25) is 9.97 Å². The van der Waals surface area contributed by atoms with Crippen LogP contribution in [0, 0.1) is 0 Å². The van der Waals surface area contributed by atoms with Gasteiger partial charge in [0.25, 0.3) is 6.71 Å². The van der Waals surface area contributed by atoms with Crippen molar-refractivity contribution in [2.45, 2.75) is 0 Å². The average Bonchev–Trinajstić information content (AvgIpc) is 3.28. The lowest BCUT2D eigenvalue weighted by molar-refractivity contribution is 1.15. The van der Waals surface area contributed by atoms with E-state index in [0.29, 0.717) is 0 Å². The number of rotatable bonds is 4. The normalized spacial score (nSPS) is 13.4. The van der Waals surface area contributed by atoms with Gasteiger partial charge in [0.2, 0.25) is 0 Å². The quantitative estimate of drug-likeness (QED) is 0.168. The number of aromatic nitrogens is 2. The molecule has 7 heteroatoms. The van der Waals surface area contributed by atoms with Gasteiger partial charge in [0.05, 0.1) is 39.6 Å². The Labute approximate surface area is 331 Å². The van der Waals surface area contributed by atoms with Gasteiger partial charge in [0, 0.05) is 58.1 Å². The van der Waals surface area contributed by atoms with Crippen molar-refractivity contribution in [3.63, 3.8) is 0 Å². The fourth-order valence-corrected chi connectivity index (χ4v) is 9.41. The van der Waals surface area contributed by atoms with Gasteiger partial charge in [0.1, 0.15) is 0 Å². The van der Waals surface area contributed by atoms with Crippen LogP contribution in [0.1, 0.15) is 0 Å². The van der Waals surface area contributed by atoms with Crippen LogP contribution in [0.15, 0.2) is 201 Å². The first-order valence-electron chi connectivity index (χ1n) is 19.4. The standard InChI is InChI=1S/C50H33BN6/c1-3-17-35(18-4-1)54-40-23-9-7-21-38(40)51-39-22-8-10-24-41(39)55(37-28-31-52-32-29-37)50-47(51)45(54)33-46-49(50)56(36-19-5-2-6-20-36)42-25-11-12-26-43(42)57(46)44-27-13-15-34-16-14-30-53-48(34)44/h1-33H. The Bertz CT molecular complexity index is 2990. The minimum atomic E-state index is -0.0341. The molecule has 0 saturated heterocycles. The number of hydrogen-bond acceptors (Lipinski definition) is 6. The molecule has 266 valence electrons. The highest BCUT2D eigenvalue weighted by atomic mass is 15.3. The summed E-state index contributed by atoms with van der Waals surface area (Å²) in [6.07, 6.45) is 5.70. The molecule has 0 radical (unpaired) electrons. The summed E-state index contributed by atoms with van der Waals surface area (Å²) >= 11 is 0. The number of hydrogen-bond donors (Lipinski definition) is 0. The molecule has 0 amide bonds. The van der Waals surface area contributed by atoms with Gasteiger partial charge in [-0.15, -0.1) is 0 Å². The average molecular weight is 729 g/mol. The Kier molecular flexibility index (Phi) is 6.92. The lowest BCUT2D eigenvalue weighted by Gasteiger charge is -2.49. The second-order valence-electron chi connectivity index (χ2n) is 14.6. The fraction of sp³-hybridized carbons (Fsp3) is 0. The SMILES string of the molecule is c1ccc(N2c3ccccc3B3c4ccccc4N(c4ccncc4)c4c3c2cc2c4N(c3ccccc3)c3ccccc3N2c2cccc3cccnc23)cc1. The number of fused-ring (bicyclic) bond motifs is 8.